The molecule has 2 aromatic heterocycles. The van der Waals surface area contributed by atoms with E-state index in [2.05, 4.69) is 15.3 Å². The van der Waals surface area contributed by atoms with Gasteiger partial charge in [0, 0.05) is 18.1 Å². The molecule has 0 radical (unpaired) electrons. The summed E-state index contributed by atoms with van der Waals surface area (Å²) in [5, 5.41) is 9.21. The van der Waals surface area contributed by atoms with Crippen LogP contribution in [0.3, 0.4) is 0 Å². The molecule has 1 amide bonds. The van der Waals surface area contributed by atoms with Crippen molar-refractivity contribution in [1.82, 2.24) is 14.7 Å². The lowest BCUT2D eigenvalue weighted by Crippen LogP contribution is -2.18. The third-order valence-electron chi connectivity index (χ3n) is 4.67. The van der Waals surface area contributed by atoms with Gasteiger partial charge in [0.1, 0.15) is 18.1 Å². The number of hydrogen-bond acceptors (Lipinski definition) is 5. The third kappa shape index (κ3) is 4.69. The number of likely N-dealkylation sites (N-methyl/N-ethyl adjacent to an activating group) is 1. The number of ether oxygens (including phenoxy) is 1. The topological polar surface area (TPSA) is 72.5 Å². The van der Waals surface area contributed by atoms with E-state index in [0.717, 1.165) is 29.6 Å². The molecule has 7 nitrogen and oxygen atoms in total. The number of benzene rings is 2. The number of nitrogens with one attached hydrogen (secondary N) is 1. The van der Waals surface area contributed by atoms with E-state index in [1.165, 1.54) is 0 Å². The van der Waals surface area contributed by atoms with E-state index in [4.69, 9.17) is 9.15 Å². The Bertz CT molecular complexity index is 1140. The standard InChI is InChI=1S/C23H24N4O3/c1-26(2)12-13-27-15-18(14-24-27)25-23(28)22-11-10-19(30-22)16-29-21-9-5-7-17-6-3-4-8-20(17)21/h3-11,14-15H,12-13,16H2,1-2H3,(H,25,28). The Morgan fingerprint density at radius 3 is 2.83 bits per heavy atom. The highest BCUT2D eigenvalue weighted by atomic mass is 16.5. The summed E-state index contributed by atoms with van der Waals surface area (Å²) in [4.78, 5) is 14.5. The largest absolute Gasteiger partial charge is 0.485 e. The molecule has 4 aromatic rings. The van der Waals surface area contributed by atoms with Gasteiger partial charge in [-0.3, -0.25) is 9.48 Å². The zero-order chi connectivity index (χ0) is 20.9. The first-order valence-corrected chi connectivity index (χ1v) is 9.76. The quantitative estimate of drug-likeness (QED) is 0.480. The van der Waals surface area contributed by atoms with Gasteiger partial charge in [0.15, 0.2) is 5.76 Å². The number of nitrogens with zero attached hydrogens (tertiary/aromatic N) is 3. The number of fused-ring (bicyclic) bond motifs is 1. The van der Waals surface area contributed by atoms with Gasteiger partial charge in [0.2, 0.25) is 0 Å². The Kier molecular flexibility index (Phi) is 5.81. The van der Waals surface area contributed by atoms with Gasteiger partial charge in [-0.25, -0.2) is 0 Å². The summed E-state index contributed by atoms with van der Waals surface area (Å²) in [6.45, 7) is 1.86. The van der Waals surface area contributed by atoms with Crippen LogP contribution in [-0.4, -0.2) is 41.2 Å². The highest BCUT2D eigenvalue weighted by molar-refractivity contribution is 6.02. The molecule has 2 aromatic carbocycles. The van der Waals surface area contributed by atoms with Crippen LogP contribution in [0.25, 0.3) is 10.8 Å². The molecule has 0 aliphatic carbocycles. The molecule has 154 valence electrons. The number of carbonyl (C=O) groups excluding carboxylic acids is 1. The minimum absolute atomic E-state index is 0.229. The minimum Gasteiger partial charge on any atom is -0.485 e. The van der Waals surface area contributed by atoms with Crippen LogP contribution in [-0.2, 0) is 13.2 Å². The average molecular weight is 404 g/mol. The second kappa shape index (κ2) is 8.84. The number of furan rings is 1. The van der Waals surface area contributed by atoms with Gasteiger partial charge in [-0.05, 0) is 37.7 Å². The van der Waals surface area contributed by atoms with Gasteiger partial charge >= 0.3 is 0 Å². The molecule has 0 fully saturated rings. The molecule has 0 saturated carbocycles. The van der Waals surface area contributed by atoms with Gasteiger partial charge in [0.25, 0.3) is 5.91 Å². The maximum atomic E-state index is 12.5. The minimum atomic E-state index is -0.321. The van der Waals surface area contributed by atoms with Crippen LogP contribution in [0, 0.1) is 0 Å². The summed E-state index contributed by atoms with van der Waals surface area (Å²) in [6.07, 6.45) is 3.43. The first-order valence-electron chi connectivity index (χ1n) is 9.76. The molecule has 0 spiro atoms. The Labute approximate surface area is 174 Å². The lowest BCUT2D eigenvalue weighted by atomic mass is 10.1. The Balaban J connectivity index is 1.36. The molecule has 0 unspecified atom stereocenters. The van der Waals surface area contributed by atoms with Crippen molar-refractivity contribution >= 4 is 22.4 Å². The van der Waals surface area contributed by atoms with Gasteiger partial charge in [0.05, 0.1) is 18.4 Å². The van der Waals surface area contributed by atoms with Crippen LogP contribution in [0.2, 0.25) is 0 Å². The number of amides is 1. The van der Waals surface area contributed by atoms with Crippen molar-refractivity contribution in [1.29, 1.82) is 0 Å². The molecule has 0 atom stereocenters. The lowest BCUT2D eigenvalue weighted by molar-refractivity contribution is 0.0992. The predicted molar refractivity (Wildman–Crippen MR) is 116 cm³/mol. The average Bonchev–Trinajstić information content (AvgIpc) is 3.40. The fourth-order valence-electron chi connectivity index (χ4n) is 3.09. The number of carbonyl (C=O) groups is 1. The van der Waals surface area contributed by atoms with Gasteiger partial charge in [-0.15, -0.1) is 0 Å². The maximum absolute atomic E-state index is 12.5. The molecule has 0 aliphatic heterocycles. The van der Waals surface area contributed by atoms with Gasteiger partial charge < -0.3 is 19.4 Å². The summed E-state index contributed by atoms with van der Waals surface area (Å²) in [5.41, 5.74) is 0.628. The molecule has 0 bridgehead atoms. The number of aromatic nitrogens is 2. The van der Waals surface area contributed by atoms with E-state index in [-0.39, 0.29) is 18.3 Å². The number of hydrogen-bond donors (Lipinski definition) is 1. The summed E-state index contributed by atoms with van der Waals surface area (Å²) < 4.78 is 13.4. The zero-order valence-corrected chi connectivity index (χ0v) is 17.0. The van der Waals surface area contributed by atoms with Crippen LogP contribution < -0.4 is 10.1 Å². The highest BCUT2D eigenvalue weighted by Gasteiger charge is 2.13. The smallest absolute Gasteiger partial charge is 0.291 e. The summed E-state index contributed by atoms with van der Waals surface area (Å²) in [5.74, 6) is 1.27. The Morgan fingerprint density at radius 2 is 1.97 bits per heavy atom. The molecular formula is C23H24N4O3. The molecule has 0 aliphatic rings. The first-order chi connectivity index (χ1) is 14.6. The predicted octanol–water partition coefficient (Wildman–Crippen LogP) is 4.02. The third-order valence-corrected chi connectivity index (χ3v) is 4.67. The van der Waals surface area contributed by atoms with E-state index in [1.54, 1.807) is 29.2 Å². The second-order valence-corrected chi connectivity index (χ2v) is 7.28. The zero-order valence-electron chi connectivity index (χ0n) is 17.0. The fourth-order valence-corrected chi connectivity index (χ4v) is 3.09. The van der Waals surface area contributed by atoms with Crippen molar-refractivity contribution in [2.75, 3.05) is 26.0 Å². The van der Waals surface area contributed by atoms with Gasteiger partial charge in [-0.2, -0.15) is 5.10 Å². The molecule has 7 heteroatoms. The van der Waals surface area contributed by atoms with Crippen LogP contribution in [0.1, 0.15) is 16.3 Å². The van der Waals surface area contributed by atoms with E-state index >= 15 is 0 Å². The molecular weight excluding hydrogens is 380 g/mol. The molecule has 0 saturated heterocycles. The molecule has 2 heterocycles. The van der Waals surface area contributed by atoms with Crippen molar-refractivity contribution in [3.63, 3.8) is 0 Å². The summed E-state index contributed by atoms with van der Waals surface area (Å²) in [6, 6.07) is 17.4. The Hall–Kier alpha value is -3.58. The maximum Gasteiger partial charge on any atom is 0.291 e. The Morgan fingerprint density at radius 1 is 1.13 bits per heavy atom. The van der Waals surface area contributed by atoms with Crippen LogP contribution in [0.5, 0.6) is 5.75 Å². The highest BCUT2D eigenvalue weighted by Crippen LogP contribution is 2.26. The molecule has 1 N–H and O–H groups in total. The van der Waals surface area contributed by atoms with E-state index < -0.39 is 0 Å². The summed E-state index contributed by atoms with van der Waals surface area (Å²) in [7, 11) is 4.01. The van der Waals surface area contributed by atoms with Crippen LogP contribution in [0.15, 0.2) is 71.4 Å². The van der Waals surface area contributed by atoms with Crippen molar-refractivity contribution in [2.24, 2.45) is 0 Å². The van der Waals surface area contributed by atoms with Crippen LogP contribution in [0.4, 0.5) is 5.69 Å². The van der Waals surface area contributed by atoms with E-state index in [9.17, 15) is 4.79 Å². The summed E-state index contributed by atoms with van der Waals surface area (Å²) >= 11 is 0. The SMILES string of the molecule is CN(C)CCn1cc(NC(=O)c2ccc(COc3cccc4ccccc34)o2)cn1. The van der Waals surface area contributed by atoms with Crippen LogP contribution >= 0.6 is 0 Å². The number of rotatable bonds is 8. The van der Waals surface area contributed by atoms with E-state index in [1.807, 2.05) is 56.6 Å². The number of anilines is 1. The lowest BCUT2D eigenvalue weighted by Gasteiger charge is -2.08. The monoisotopic (exact) mass is 404 g/mol. The first kappa shape index (κ1) is 19.7. The normalized spacial score (nSPS) is 11.2. The fraction of sp³-hybridized carbons (Fsp3) is 0.217. The van der Waals surface area contributed by atoms with Crippen molar-refractivity contribution in [2.45, 2.75) is 13.2 Å². The van der Waals surface area contributed by atoms with Crippen molar-refractivity contribution in [3.05, 3.63) is 78.5 Å². The van der Waals surface area contributed by atoms with Gasteiger partial charge in [-0.1, -0.05) is 36.4 Å². The molecule has 30 heavy (non-hydrogen) atoms. The van der Waals surface area contributed by atoms with E-state index in [0.29, 0.717) is 11.4 Å². The second-order valence-electron chi connectivity index (χ2n) is 7.28. The van der Waals surface area contributed by atoms with Crippen molar-refractivity contribution in [3.8, 4) is 5.75 Å². The van der Waals surface area contributed by atoms with Crippen molar-refractivity contribution < 1.29 is 13.9 Å². The molecule has 4 rings (SSSR count).